The van der Waals surface area contributed by atoms with Gasteiger partial charge in [0.05, 0.1) is 6.61 Å². The predicted octanol–water partition coefficient (Wildman–Crippen LogP) is 5.21. The van der Waals surface area contributed by atoms with Crippen LogP contribution in [0, 0.1) is 12.3 Å². The SMILES string of the molecule is C#CC(OCC(C)(C)[Si](c1ccccc1)c1ccccc1)c1cc2ccccc2o1. The molecule has 30 heavy (non-hydrogen) atoms. The summed E-state index contributed by atoms with van der Waals surface area (Å²) in [5.41, 5.74) is 0.828. The fourth-order valence-corrected chi connectivity index (χ4v) is 7.04. The second-order valence-electron chi connectivity index (χ2n) is 8.04. The minimum Gasteiger partial charge on any atom is -0.457 e. The first-order valence-corrected chi connectivity index (χ1v) is 11.6. The third-order valence-electron chi connectivity index (χ3n) is 5.27. The molecule has 0 saturated carbocycles. The molecule has 0 aliphatic rings. The summed E-state index contributed by atoms with van der Waals surface area (Å²) in [6, 6.07) is 31.4. The fourth-order valence-electron chi connectivity index (χ4n) is 3.87. The summed E-state index contributed by atoms with van der Waals surface area (Å²) in [5.74, 6) is 3.45. The summed E-state index contributed by atoms with van der Waals surface area (Å²) in [4.78, 5) is 0. The van der Waals surface area contributed by atoms with Crippen molar-refractivity contribution < 1.29 is 9.15 Å². The normalized spacial score (nSPS) is 12.7. The third kappa shape index (κ3) is 4.26. The van der Waals surface area contributed by atoms with Crippen molar-refractivity contribution >= 4 is 30.1 Å². The number of rotatable bonds is 7. The van der Waals surface area contributed by atoms with Gasteiger partial charge in [-0.15, -0.1) is 6.42 Å². The predicted molar refractivity (Wildman–Crippen MR) is 126 cm³/mol. The minimum atomic E-state index is -1.11. The summed E-state index contributed by atoms with van der Waals surface area (Å²) in [6.07, 6.45) is 5.32. The average molecular weight is 410 g/mol. The largest absolute Gasteiger partial charge is 0.457 e. The van der Waals surface area contributed by atoms with Crippen molar-refractivity contribution in [3.8, 4) is 12.3 Å². The zero-order chi connectivity index (χ0) is 21.0. The van der Waals surface area contributed by atoms with E-state index in [1.165, 1.54) is 10.4 Å². The van der Waals surface area contributed by atoms with Gasteiger partial charge in [0.15, 0.2) is 6.10 Å². The van der Waals surface area contributed by atoms with E-state index in [0.29, 0.717) is 12.4 Å². The van der Waals surface area contributed by atoms with E-state index < -0.39 is 14.9 Å². The van der Waals surface area contributed by atoms with Crippen molar-refractivity contribution in [2.45, 2.75) is 25.0 Å². The lowest BCUT2D eigenvalue weighted by Crippen LogP contribution is -2.51. The van der Waals surface area contributed by atoms with Crippen LogP contribution in [-0.4, -0.2) is 15.4 Å². The van der Waals surface area contributed by atoms with Gasteiger partial charge in [-0.2, -0.15) is 0 Å². The van der Waals surface area contributed by atoms with E-state index in [2.05, 4.69) is 80.4 Å². The molecule has 3 aromatic carbocycles. The highest BCUT2D eigenvalue weighted by molar-refractivity contribution is 6.87. The topological polar surface area (TPSA) is 22.4 Å². The Morgan fingerprint density at radius 1 is 0.900 bits per heavy atom. The van der Waals surface area contributed by atoms with Crippen molar-refractivity contribution in [1.29, 1.82) is 0 Å². The molecule has 0 aliphatic carbocycles. The second-order valence-corrected chi connectivity index (χ2v) is 11.3. The molecule has 1 radical (unpaired) electrons. The van der Waals surface area contributed by atoms with E-state index >= 15 is 0 Å². The van der Waals surface area contributed by atoms with Crippen molar-refractivity contribution in [3.05, 3.63) is 96.8 Å². The summed E-state index contributed by atoms with van der Waals surface area (Å²) in [5, 5.41) is 3.68. The number of hydrogen-bond acceptors (Lipinski definition) is 2. The van der Waals surface area contributed by atoms with Crippen LogP contribution in [-0.2, 0) is 4.74 Å². The van der Waals surface area contributed by atoms with E-state index in [4.69, 9.17) is 15.6 Å². The molecule has 1 aromatic heterocycles. The number of hydrogen-bond donors (Lipinski definition) is 0. The van der Waals surface area contributed by atoms with Gasteiger partial charge in [0.1, 0.15) is 20.1 Å². The summed E-state index contributed by atoms with van der Waals surface area (Å²) in [6.45, 7) is 5.08. The molecule has 3 heteroatoms. The number of fused-ring (bicyclic) bond motifs is 1. The fraction of sp³-hybridized carbons (Fsp3) is 0.185. The van der Waals surface area contributed by atoms with Crippen LogP contribution in [0.25, 0.3) is 11.0 Å². The lowest BCUT2D eigenvalue weighted by atomic mass is 10.2. The molecule has 1 unspecified atom stereocenters. The third-order valence-corrected chi connectivity index (χ3v) is 8.59. The van der Waals surface area contributed by atoms with Crippen LogP contribution in [0.1, 0.15) is 25.7 Å². The Bertz CT molecular complexity index is 1070. The minimum absolute atomic E-state index is 0.0888. The van der Waals surface area contributed by atoms with E-state index in [1.54, 1.807) is 0 Å². The van der Waals surface area contributed by atoms with Crippen LogP contribution >= 0.6 is 0 Å². The first-order valence-electron chi connectivity index (χ1n) is 10.1. The Morgan fingerprint density at radius 2 is 1.47 bits per heavy atom. The molecule has 0 fully saturated rings. The Kier molecular flexibility index (Phi) is 5.90. The van der Waals surface area contributed by atoms with E-state index in [1.807, 2.05) is 30.3 Å². The van der Waals surface area contributed by atoms with Gasteiger partial charge in [0.25, 0.3) is 0 Å². The maximum atomic E-state index is 6.29. The maximum absolute atomic E-state index is 6.29. The van der Waals surface area contributed by atoms with Crippen molar-refractivity contribution in [2.75, 3.05) is 6.61 Å². The molecule has 2 nitrogen and oxygen atoms in total. The van der Waals surface area contributed by atoms with Gasteiger partial charge in [-0.3, -0.25) is 0 Å². The highest BCUT2D eigenvalue weighted by atomic mass is 28.3. The first-order chi connectivity index (χ1) is 14.6. The Labute approximate surface area is 180 Å². The quantitative estimate of drug-likeness (QED) is 0.309. The molecule has 0 saturated heterocycles. The van der Waals surface area contributed by atoms with Gasteiger partial charge in [-0.1, -0.05) is 109 Å². The zero-order valence-electron chi connectivity index (χ0n) is 17.3. The molecule has 0 N–H and O–H groups in total. The van der Waals surface area contributed by atoms with Crippen LogP contribution in [0.15, 0.2) is 95.4 Å². The van der Waals surface area contributed by atoms with Gasteiger partial charge >= 0.3 is 0 Å². The Hall–Kier alpha value is -3.06. The number of para-hydroxylation sites is 1. The standard InChI is InChI=1S/C27H25O2Si/c1-4-24(26-19-21-13-11-12-18-25(21)29-26)28-20-27(2,3)30(22-14-7-5-8-15-22)23-16-9-6-10-17-23/h1,5-19,24H,20H2,2-3H3. The monoisotopic (exact) mass is 409 g/mol. The number of benzene rings is 3. The van der Waals surface area contributed by atoms with Gasteiger partial charge < -0.3 is 9.15 Å². The number of furan rings is 1. The van der Waals surface area contributed by atoms with Crippen LogP contribution in [0.5, 0.6) is 0 Å². The van der Waals surface area contributed by atoms with Crippen LogP contribution in [0.2, 0.25) is 5.04 Å². The molecule has 0 amide bonds. The highest BCUT2D eigenvalue weighted by Gasteiger charge is 2.35. The van der Waals surface area contributed by atoms with Crippen LogP contribution < -0.4 is 10.4 Å². The van der Waals surface area contributed by atoms with Crippen LogP contribution in [0.4, 0.5) is 0 Å². The average Bonchev–Trinajstić information content (AvgIpc) is 3.19. The highest BCUT2D eigenvalue weighted by Crippen LogP contribution is 2.32. The molecule has 0 spiro atoms. The van der Waals surface area contributed by atoms with E-state index in [-0.39, 0.29) is 5.04 Å². The van der Waals surface area contributed by atoms with Gasteiger partial charge in [0.2, 0.25) is 0 Å². The smallest absolute Gasteiger partial charge is 0.175 e. The molecule has 0 bridgehead atoms. The molecule has 4 aromatic rings. The lowest BCUT2D eigenvalue weighted by Gasteiger charge is -2.34. The first kappa shape index (κ1) is 20.2. The molecular formula is C27H25O2Si. The van der Waals surface area contributed by atoms with Gasteiger partial charge in [-0.05, 0) is 17.2 Å². The molecule has 1 heterocycles. The van der Waals surface area contributed by atoms with Gasteiger partial charge in [0, 0.05) is 5.39 Å². The lowest BCUT2D eigenvalue weighted by molar-refractivity contribution is 0.0621. The van der Waals surface area contributed by atoms with E-state index in [9.17, 15) is 0 Å². The number of terminal acetylenes is 1. The molecule has 0 aliphatic heterocycles. The molecular weight excluding hydrogens is 384 g/mol. The van der Waals surface area contributed by atoms with E-state index in [0.717, 1.165) is 11.0 Å². The summed E-state index contributed by atoms with van der Waals surface area (Å²) >= 11 is 0. The molecule has 4 rings (SSSR count). The summed E-state index contributed by atoms with van der Waals surface area (Å²) < 4.78 is 12.2. The number of ether oxygens (including phenoxy) is 1. The zero-order valence-corrected chi connectivity index (χ0v) is 18.3. The van der Waals surface area contributed by atoms with Gasteiger partial charge in [-0.25, -0.2) is 0 Å². The molecule has 149 valence electrons. The second kappa shape index (κ2) is 8.75. The Morgan fingerprint density at radius 3 is 2.03 bits per heavy atom. The summed E-state index contributed by atoms with van der Waals surface area (Å²) in [7, 11) is -1.11. The molecule has 1 atom stereocenters. The van der Waals surface area contributed by atoms with Crippen LogP contribution in [0.3, 0.4) is 0 Å². The van der Waals surface area contributed by atoms with Crippen molar-refractivity contribution in [1.82, 2.24) is 0 Å². The Balaban J connectivity index is 1.60. The maximum Gasteiger partial charge on any atom is 0.175 e. The van der Waals surface area contributed by atoms with Crippen molar-refractivity contribution in [2.24, 2.45) is 0 Å². The van der Waals surface area contributed by atoms with Crippen molar-refractivity contribution in [3.63, 3.8) is 0 Å².